The fourth-order valence-corrected chi connectivity index (χ4v) is 4.42. The van der Waals surface area contributed by atoms with Crippen molar-refractivity contribution in [2.24, 2.45) is 5.92 Å². The number of carbonyl (C=O) groups excluding carboxylic acids is 1. The maximum atomic E-state index is 13.0. The Bertz CT molecular complexity index is 806. The van der Waals surface area contributed by atoms with Crippen LogP contribution >= 0.6 is 11.3 Å². The largest absolute Gasteiger partial charge is 0.464 e. The second-order valence-corrected chi connectivity index (χ2v) is 7.88. The molecule has 3 rings (SSSR count). The van der Waals surface area contributed by atoms with Crippen LogP contribution in [0.15, 0.2) is 11.1 Å². The van der Waals surface area contributed by atoms with Gasteiger partial charge in [-0.1, -0.05) is 20.8 Å². The van der Waals surface area contributed by atoms with Crippen molar-refractivity contribution < 1.29 is 9.53 Å². The lowest BCUT2D eigenvalue weighted by Crippen LogP contribution is -2.31. The summed E-state index contributed by atoms with van der Waals surface area (Å²) in [6, 6.07) is -0.604. The van der Waals surface area contributed by atoms with E-state index < -0.39 is 6.04 Å². The molecular formula is C18H24N2O3S. The molecule has 2 heterocycles. The third-order valence-electron chi connectivity index (χ3n) is 4.45. The lowest BCUT2D eigenvalue weighted by Gasteiger charge is -2.18. The first-order valence-electron chi connectivity index (χ1n) is 8.71. The Morgan fingerprint density at radius 2 is 2.12 bits per heavy atom. The zero-order valence-corrected chi connectivity index (χ0v) is 15.3. The molecule has 1 atom stereocenters. The first-order chi connectivity index (χ1) is 11.5. The Balaban J connectivity index is 2.00. The summed E-state index contributed by atoms with van der Waals surface area (Å²) in [4.78, 5) is 32.0. The third kappa shape index (κ3) is 3.11. The molecule has 0 aliphatic heterocycles. The molecule has 0 saturated heterocycles. The first kappa shape index (κ1) is 17.1. The van der Waals surface area contributed by atoms with Gasteiger partial charge in [-0.25, -0.2) is 9.78 Å². The predicted octanol–water partition coefficient (Wildman–Crippen LogP) is 3.49. The van der Waals surface area contributed by atoms with Crippen LogP contribution in [-0.2, 0) is 22.4 Å². The predicted molar refractivity (Wildman–Crippen MR) is 95.6 cm³/mol. The van der Waals surface area contributed by atoms with Crippen LogP contribution < -0.4 is 5.56 Å². The van der Waals surface area contributed by atoms with Crippen molar-refractivity contribution in [3.05, 3.63) is 27.1 Å². The molecule has 0 amide bonds. The van der Waals surface area contributed by atoms with Crippen LogP contribution in [0, 0.1) is 5.92 Å². The number of thiophene rings is 1. The van der Waals surface area contributed by atoms with Crippen LogP contribution in [0.1, 0.15) is 56.5 Å². The van der Waals surface area contributed by atoms with Gasteiger partial charge in [-0.2, -0.15) is 0 Å². The van der Waals surface area contributed by atoms with E-state index in [1.54, 1.807) is 11.3 Å². The molecule has 2 aromatic heterocycles. The monoisotopic (exact) mass is 348 g/mol. The summed E-state index contributed by atoms with van der Waals surface area (Å²) in [7, 11) is 0. The zero-order valence-electron chi connectivity index (χ0n) is 14.5. The minimum Gasteiger partial charge on any atom is -0.464 e. The average molecular weight is 348 g/mol. The van der Waals surface area contributed by atoms with Gasteiger partial charge in [0.1, 0.15) is 10.9 Å². The van der Waals surface area contributed by atoms with Crippen LogP contribution in [0.25, 0.3) is 10.2 Å². The minimum absolute atomic E-state index is 0.104. The van der Waals surface area contributed by atoms with Gasteiger partial charge in [0.05, 0.1) is 18.3 Å². The second kappa shape index (κ2) is 7.05. The summed E-state index contributed by atoms with van der Waals surface area (Å²) in [5.41, 5.74) is 1.05. The van der Waals surface area contributed by atoms with E-state index in [4.69, 9.17) is 4.74 Å². The number of hydrogen-bond donors (Lipinski definition) is 0. The number of fused-ring (bicyclic) bond motifs is 3. The number of rotatable bonds is 5. The van der Waals surface area contributed by atoms with Gasteiger partial charge < -0.3 is 4.74 Å². The highest BCUT2D eigenvalue weighted by Crippen LogP contribution is 2.33. The molecule has 0 aromatic carbocycles. The van der Waals surface area contributed by atoms with Crippen LogP contribution in [0.2, 0.25) is 0 Å². The Hall–Kier alpha value is -1.69. The van der Waals surface area contributed by atoms with Crippen LogP contribution in [-0.4, -0.2) is 22.1 Å². The summed E-state index contributed by atoms with van der Waals surface area (Å²) in [5.74, 6) is -0.0776. The lowest BCUT2D eigenvalue weighted by atomic mass is 9.97. The molecule has 6 heteroatoms. The highest BCUT2D eigenvalue weighted by atomic mass is 32.1. The smallest absolute Gasteiger partial charge is 0.329 e. The van der Waals surface area contributed by atoms with Crippen LogP contribution in [0.5, 0.6) is 0 Å². The van der Waals surface area contributed by atoms with Gasteiger partial charge >= 0.3 is 5.97 Å². The normalized spacial score (nSPS) is 15.5. The Morgan fingerprint density at radius 1 is 1.38 bits per heavy atom. The number of ether oxygens (including phenoxy) is 1. The quantitative estimate of drug-likeness (QED) is 0.776. The molecule has 0 radical (unpaired) electrons. The zero-order chi connectivity index (χ0) is 17.3. The van der Waals surface area contributed by atoms with Gasteiger partial charge in [0, 0.05) is 4.88 Å². The average Bonchev–Trinajstić information content (AvgIpc) is 2.94. The first-order valence-corrected chi connectivity index (χ1v) is 9.52. The number of esters is 1. The number of hydrogen-bond acceptors (Lipinski definition) is 5. The van der Waals surface area contributed by atoms with Gasteiger partial charge in [0.2, 0.25) is 0 Å². The van der Waals surface area contributed by atoms with Crippen molar-refractivity contribution in [1.82, 2.24) is 9.55 Å². The number of carbonyl (C=O) groups is 1. The number of aromatic nitrogens is 2. The van der Waals surface area contributed by atoms with E-state index in [0.29, 0.717) is 18.4 Å². The molecule has 0 unspecified atom stereocenters. The summed E-state index contributed by atoms with van der Waals surface area (Å²) >= 11 is 1.62. The molecule has 0 bridgehead atoms. The summed E-state index contributed by atoms with van der Waals surface area (Å²) in [6.45, 7) is 6.24. The van der Waals surface area contributed by atoms with Gasteiger partial charge in [-0.3, -0.25) is 9.36 Å². The fourth-order valence-electron chi connectivity index (χ4n) is 3.20. The van der Waals surface area contributed by atoms with E-state index in [1.165, 1.54) is 22.2 Å². The lowest BCUT2D eigenvalue weighted by molar-refractivity contribution is -0.149. The Morgan fingerprint density at radius 3 is 2.83 bits per heavy atom. The molecular weight excluding hydrogens is 324 g/mol. The van der Waals surface area contributed by atoms with E-state index in [-0.39, 0.29) is 17.4 Å². The topological polar surface area (TPSA) is 61.2 Å². The molecule has 1 aliphatic rings. The van der Waals surface area contributed by atoms with Gasteiger partial charge in [0.25, 0.3) is 5.56 Å². The van der Waals surface area contributed by atoms with Crippen LogP contribution in [0.3, 0.4) is 0 Å². The van der Waals surface area contributed by atoms with Crippen molar-refractivity contribution >= 4 is 27.5 Å². The van der Waals surface area contributed by atoms with Gasteiger partial charge in [-0.05, 0) is 43.6 Å². The van der Waals surface area contributed by atoms with Crippen molar-refractivity contribution in [3.8, 4) is 0 Å². The molecule has 0 saturated carbocycles. The van der Waals surface area contributed by atoms with E-state index >= 15 is 0 Å². The van der Waals surface area contributed by atoms with Crippen molar-refractivity contribution in [1.29, 1.82) is 0 Å². The second-order valence-electron chi connectivity index (χ2n) is 6.80. The minimum atomic E-state index is -0.604. The summed E-state index contributed by atoms with van der Waals surface area (Å²) in [5, 5.41) is 0.715. The molecule has 24 heavy (non-hydrogen) atoms. The van der Waals surface area contributed by atoms with Gasteiger partial charge in [-0.15, -0.1) is 11.3 Å². The third-order valence-corrected chi connectivity index (χ3v) is 5.65. The van der Waals surface area contributed by atoms with E-state index in [9.17, 15) is 9.59 Å². The van der Waals surface area contributed by atoms with Crippen molar-refractivity contribution in [3.63, 3.8) is 0 Å². The van der Waals surface area contributed by atoms with Crippen LogP contribution in [0.4, 0.5) is 0 Å². The highest BCUT2D eigenvalue weighted by molar-refractivity contribution is 7.18. The van der Waals surface area contributed by atoms with E-state index in [1.807, 2.05) is 20.8 Å². The number of nitrogens with zero attached hydrogens (tertiary/aromatic N) is 2. The summed E-state index contributed by atoms with van der Waals surface area (Å²) < 4.78 is 6.81. The molecule has 130 valence electrons. The Labute approximate surface area is 145 Å². The van der Waals surface area contributed by atoms with E-state index in [2.05, 4.69) is 4.98 Å². The highest BCUT2D eigenvalue weighted by Gasteiger charge is 2.25. The molecule has 2 aromatic rings. The molecule has 0 N–H and O–H groups in total. The fraction of sp³-hybridized carbons (Fsp3) is 0.611. The summed E-state index contributed by atoms with van der Waals surface area (Å²) in [6.07, 6.45) is 6.27. The molecule has 0 spiro atoms. The maximum Gasteiger partial charge on any atom is 0.329 e. The van der Waals surface area contributed by atoms with Crippen molar-refractivity contribution in [2.75, 3.05) is 6.61 Å². The SMILES string of the molecule is CC[C@@H](C(=O)OCC(C)C)n1cnc2sc3c(c2c1=O)CCCC3. The molecule has 1 aliphatic carbocycles. The van der Waals surface area contributed by atoms with Crippen molar-refractivity contribution in [2.45, 2.75) is 58.9 Å². The Kier molecular flexibility index (Phi) is 5.04. The molecule has 5 nitrogen and oxygen atoms in total. The maximum absolute atomic E-state index is 13.0. The van der Waals surface area contributed by atoms with E-state index in [0.717, 1.165) is 29.7 Å². The standard InChI is InChI=1S/C18H24N2O3S/c1-4-13(18(22)23-9-11(2)3)20-10-19-16-15(17(20)21)12-7-5-6-8-14(12)24-16/h10-11,13H,4-9H2,1-3H3/t13-/m0/s1. The number of aryl methyl sites for hydroxylation is 2. The molecule has 0 fully saturated rings. The van der Waals surface area contributed by atoms with Gasteiger partial charge in [0.15, 0.2) is 0 Å².